The van der Waals surface area contributed by atoms with Gasteiger partial charge in [0.15, 0.2) is 0 Å². The van der Waals surface area contributed by atoms with E-state index in [1.165, 1.54) is 12.1 Å². The largest absolute Gasteiger partial charge is 0.508 e. The minimum absolute atomic E-state index is 0.168. The molecular formula is C20H22O3. The van der Waals surface area contributed by atoms with Gasteiger partial charge >= 0.3 is 5.97 Å². The maximum absolute atomic E-state index is 12.1. The lowest BCUT2D eigenvalue weighted by Crippen LogP contribution is -2.18. The second-order valence-electron chi connectivity index (χ2n) is 6.08. The molecule has 0 radical (unpaired) electrons. The molecule has 0 fully saturated rings. The van der Waals surface area contributed by atoms with Gasteiger partial charge in [-0.1, -0.05) is 51.1 Å². The van der Waals surface area contributed by atoms with Crippen LogP contribution >= 0.6 is 0 Å². The molecule has 0 amide bonds. The van der Waals surface area contributed by atoms with E-state index in [-0.39, 0.29) is 11.2 Å². The van der Waals surface area contributed by atoms with E-state index in [4.69, 9.17) is 4.74 Å². The molecule has 0 heterocycles. The summed E-state index contributed by atoms with van der Waals surface area (Å²) in [6.07, 6.45) is 3.99. The molecule has 0 atom stereocenters. The molecule has 0 unspecified atom stereocenters. The summed E-state index contributed by atoms with van der Waals surface area (Å²) in [4.78, 5) is 12.1. The number of carbonyl (C=O) groups is 1. The number of esters is 1. The van der Waals surface area contributed by atoms with E-state index in [0.717, 1.165) is 17.5 Å². The smallest absolute Gasteiger partial charge is 0.336 e. The van der Waals surface area contributed by atoms with Gasteiger partial charge < -0.3 is 9.84 Å². The summed E-state index contributed by atoms with van der Waals surface area (Å²) in [5.41, 5.74) is 1.56. The number of hydrogen-bond donors (Lipinski definition) is 1. The minimum Gasteiger partial charge on any atom is -0.508 e. The van der Waals surface area contributed by atoms with Crippen LogP contribution in [-0.2, 0) is 10.2 Å². The third kappa shape index (κ3) is 4.46. The number of aromatic hydroxyl groups is 1. The predicted molar refractivity (Wildman–Crippen MR) is 92.5 cm³/mol. The Labute approximate surface area is 137 Å². The van der Waals surface area contributed by atoms with Gasteiger partial charge in [0, 0.05) is 11.6 Å². The molecule has 0 saturated carbocycles. The highest BCUT2D eigenvalue weighted by atomic mass is 16.5. The molecule has 2 aromatic carbocycles. The Kier molecular flexibility index (Phi) is 5.22. The molecule has 2 rings (SSSR count). The molecule has 1 N–H and O–H groups in total. The monoisotopic (exact) mass is 310 g/mol. The Bertz CT molecular complexity index is 700. The Morgan fingerprint density at radius 3 is 2.52 bits per heavy atom. The second kappa shape index (κ2) is 7.14. The molecule has 0 bridgehead atoms. The van der Waals surface area contributed by atoms with E-state index in [2.05, 4.69) is 20.8 Å². The quantitative estimate of drug-likeness (QED) is 0.495. The number of hydrogen-bond acceptors (Lipinski definition) is 3. The van der Waals surface area contributed by atoms with Crippen LogP contribution < -0.4 is 4.74 Å². The van der Waals surface area contributed by atoms with E-state index >= 15 is 0 Å². The summed E-state index contributed by atoms with van der Waals surface area (Å²) in [6, 6.07) is 14.4. The zero-order chi connectivity index (χ0) is 16.9. The molecule has 0 aliphatic rings. The van der Waals surface area contributed by atoms with Crippen LogP contribution in [0.15, 0.2) is 54.6 Å². The van der Waals surface area contributed by atoms with Crippen LogP contribution in [0.25, 0.3) is 6.08 Å². The van der Waals surface area contributed by atoms with Crippen molar-refractivity contribution in [3.63, 3.8) is 0 Å². The number of carbonyl (C=O) groups excluding carboxylic acids is 1. The fourth-order valence-corrected chi connectivity index (χ4v) is 2.20. The summed E-state index contributed by atoms with van der Waals surface area (Å²) < 4.78 is 5.47. The van der Waals surface area contributed by atoms with Gasteiger partial charge in [-0.15, -0.1) is 0 Å². The molecule has 120 valence electrons. The van der Waals surface area contributed by atoms with Crippen molar-refractivity contribution in [2.75, 3.05) is 0 Å². The van der Waals surface area contributed by atoms with Crippen LogP contribution in [0.5, 0.6) is 11.5 Å². The molecular weight excluding hydrogens is 288 g/mol. The van der Waals surface area contributed by atoms with Crippen molar-refractivity contribution in [3.8, 4) is 11.5 Å². The standard InChI is InChI=1S/C20H22O3/c1-4-20(2,3)17-14-16(21)11-12-18(17)23-19(22)13-10-15-8-6-5-7-9-15/h5-14,21H,4H2,1-3H3. The fraction of sp³-hybridized carbons (Fsp3) is 0.250. The first-order chi connectivity index (χ1) is 10.9. The van der Waals surface area contributed by atoms with E-state index < -0.39 is 5.97 Å². The third-order valence-corrected chi connectivity index (χ3v) is 4.00. The molecule has 2 aromatic rings. The SMILES string of the molecule is CCC(C)(C)c1cc(O)ccc1OC(=O)C=Cc1ccccc1. The Hall–Kier alpha value is -2.55. The van der Waals surface area contributed by atoms with Crippen LogP contribution in [0.3, 0.4) is 0 Å². The molecule has 0 saturated heterocycles. The summed E-state index contributed by atoms with van der Waals surface area (Å²) in [7, 11) is 0. The Morgan fingerprint density at radius 1 is 1.17 bits per heavy atom. The van der Waals surface area contributed by atoms with E-state index in [1.54, 1.807) is 18.2 Å². The van der Waals surface area contributed by atoms with Crippen molar-refractivity contribution in [3.05, 3.63) is 65.7 Å². The highest BCUT2D eigenvalue weighted by Crippen LogP contribution is 2.36. The van der Waals surface area contributed by atoms with Gasteiger partial charge in [-0.05, 0) is 41.7 Å². The predicted octanol–water partition coefficient (Wildman–Crippen LogP) is 4.70. The summed E-state index contributed by atoms with van der Waals surface area (Å²) >= 11 is 0. The van der Waals surface area contributed by atoms with Crippen molar-refractivity contribution in [1.29, 1.82) is 0 Å². The van der Waals surface area contributed by atoms with Crippen molar-refractivity contribution in [2.45, 2.75) is 32.6 Å². The first-order valence-electron chi connectivity index (χ1n) is 7.71. The van der Waals surface area contributed by atoms with Gasteiger partial charge in [0.25, 0.3) is 0 Å². The molecule has 0 aromatic heterocycles. The molecule has 23 heavy (non-hydrogen) atoms. The first-order valence-corrected chi connectivity index (χ1v) is 7.71. The number of benzene rings is 2. The number of ether oxygens (including phenoxy) is 1. The van der Waals surface area contributed by atoms with Gasteiger partial charge in [-0.3, -0.25) is 0 Å². The number of rotatable bonds is 5. The topological polar surface area (TPSA) is 46.5 Å². The van der Waals surface area contributed by atoms with Crippen LogP contribution in [0.2, 0.25) is 0 Å². The lowest BCUT2D eigenvalue weighted by Gasteiger charge is -2.25. The summed E-state index contributed by atoms with van der Waals surface area (Å²) in [5, 5.41) is 9.73. The Morgan fingerprint density at radius 2 is 1.87 bits per heavy atom. The Balaban J connectivity index is 2.20. The van der Waals surface area contributed by atoms with Crippen LogP contribution in [0.4, 0.5) is 0 Å². The molecule has 0 aliphatic heterocycles. The molecule has 0 spiro atoms. The maximum Gasteiger partial charge on any atom is 0.336 e. The van der Waals surface area contributed by atoms with E-state index in [0.29, 0.717) is 5.75 Å². The van der Waals surface area contributed by atoms with Crippen molar-refractivity contribution >= 4 is 12.0 Å². The van der Waals surface area contributed by atoms with Gasteiger partial charge in [0.05, 0.1) is 0 Å². The molecule has 3 heteroatoms. The fourth-order valence-electron chi connectivity index (χ4n) is 2.20. The summed E-state index contributed by atoms with van der Waals surface area (Å²) in [6.45, 7) is 6.17. The van der Waals surface area contributed by atoms with Gasteiger partial charge in [-0.2, -0.15) is 0 Å². The van der Waals surface area contributed by atoms with Gasteiger partial charge in [0.2, 0.25) is 0 Å². The molecule has 3 nitrogen and oxygen atoms in total. The lowest BCUT2D eigenvalue weighted by atomic mass is 9.81. The lowest BCUT2D eigenvalue weighted by molar-refractivity contribution is -0.129. The second-order valence-corrected chi connectivity index (χ2v) is 6.08. The van der Waals surface area contributed by atoms with E-state index in [1.807, 2.05) is 30.3 Å². The normalized spacial score (nSPS) is 11.6. The highest BCUT2D eigenvalue weighted by Gasteiger charge is 2.24. The average Bonchev–Trinajstić information content (AvgIpc) is 2.55. The summed E-state index contributed by atoms with van der Waals surface area (Å²) in [5.74, 6) is 0.214. The van der Waals surface area contributed by atoms with E-state index in [9.17, 15) is 9.90 Å². The van der Waals surface area contributed by atoms with Gasteiger partial charge in [0.1, 0.15) is 11.5 Å². The maximum atomic E-state index is 12.1. The van der Waals surface area contributed by atoms with Crippen molar-refractivity contribution < 1.29 is 14.6 Å². The highest BCUT2D eigenvalue weighted by molar-refractivity contribution is 5.88. The zero-order valence-electron chi connectivity index (χ0n) is 13.7. The van der Waals surface area contributed by atoms with Gasteiger partial charge in [-0.25, -0.2) is 4.79 Å². The third-order valence-electron chi connectivity index (χ3n) is 4.00. The number of phenols is 1. The van der Waals surface area contributed by atoms with Crippen molar-refractivity contribution in [2.24, 2.45) is 0 Å². The average molecular weight is 310 g/mol. The minimum atomic E-state index is -0.437. The van der Waals surface area contributed by atoms with Crippen LogP contribution in [0, 0.1) is 0 Å². The van der Waals surface area contributed by atoms with Crippen LogP contribution in [0.1, 0.15) is 38.3 Å². The molecule has 0 aliphatic carbocycles. The zero-order valence-corrected chi connectivity index (χ0v) is 13.7. The number of phenolic OH excluding ortho intramolecular Hbond substituents is 1. The first kappa shape index (κ1) is 16.8. The van der Waals surface area contributed by atoms with Crippen molar-refractivity contribution in [1.82, 2.24) is 0 Å². The van der Waals surface area contributed by atoms with Crippen LogP contribution in [-0.4, -0.2) is 11.1 Å².